The molecular weight excluding hydrogens is 290 g/mol. The predicted molar refractivity (Wildman–Crippen MR) is 77.7 cm³/mol. The maximum Gasteiger partial charge on any atom is 0.254 e. The Kier molecular flexibility index (Phi) is 4.44. The van der Waals surface area contributed by atoms with Gasteiger partial charge in [-0.15, -0.1) is 0 Å². The van der Waals surface area contributed by atoms with E-state index >= 15 is 0 Å². The van der Waals surface area contributed by atoms with Crippen molar-refractivity contribution in [2.24, 2.45) is 0 Å². The largest absolute Gasteiger partial charge is 0.332 e. The fourth-order valence-corrected chi connectivity index (χ4v) is 3.00. The van der Waals surface area contributed by atoms with Crippen LogP contribution in [-0.4, -0.2) is 17.4 Å². The number of amides is 1. The lowest BCUT2D eigenvalue weighted by molar-refractivity contribution is 0.0714. The molecule has 0 bridgehead atoms. The molecule has 1 aromatic rings. The lowest BCUT2D eigenvalue weighted by Crippen LogP contribution is -2.29. The van der Waals surface area contributed by atoms with Gasteiger partial charge in [0.2, 0.25) is 0 Å². The van der Waals surface area contributed by atoms with Gasteiger partial charge in [0, 0.05) is 16.6 Å². The van der Waals surface area contributed by atoms with Crippen molar-refractivity contribution in [2.45, 2.75) is 45.6 Å². The summed E-state index contributed by atoms with van der Waals surface area (Å²) in [6.45, 7) is 5.23. The zero-order chi connectivity index (χ0) is 13.1. The normalized spacial score (nSPS) is 18.3. The average molecular weight is 310 g/mol. The van der Waals surface area contributed by atoms with Crippen molar-refractivity contribution in [1.82, 2.24) is 4.90 Å². The maximum atomic E-state index is 12.4. The number of unbranched alkanes of at least 4 members (excludes halogenated alkanes) is 1. The maximum absolute atomic E-state index is 12.4. The van der Waals surface area contributed by atoms with Gasteiger partial charge in [0.05, 0.1) is 6.04 Å². The predicted octanol–water partition coefficient (Wildman–Crippen LogP) is 4.55. The van der Waals surface area contributed by atoms with Gasteiger partial charge in [-0.3, -0.25) is 4.79 Å². The molecule has 1 aromatic carbocycles. The summed E-state index contributed by atoms with van der Waals surface area (Å²) in [5.74, 6) is 0.207. The lowest BCUT2D eigenvalue weighted by atomic mass is 10.0. The van der Waals surface area contributed by atoms with Gasteiger partial charge in [0.1, 0.15) is 0 Å². The van der Waals surface area contributed by atoms with Gasteiger partial charge in [0.15, 0.2) is 0 Å². The van der Waals surface area contributed by atoms with Gasteiger partial charge in [-0.1, -0.05) is 48.7 Å². The number of carbonyl (C=O) groups excluding carboxylic acids is 1. The fourth-order valence-electron chi connectivity index (χ4n) is 2.64. The minimum Gasteiger partial charge on any atom is -0.332 e. The molecule has 1 aliphatic heterocycles. The fraction of sp³-hybridized carbons (Fsp3) is 0.533. The summed E-state index contributed by atoms with van der Waals surface area (Å²) in [5.41, 5.74) is 2.10. The van der Waals surface area contributed by atoms with E-state index in [9.17, 15) is 4.79 Å². The zero-order valence-corrected chi connectivity index (χ0v) is 12.7. The van der Waals surface area contributed by atoms with E-state index in [0.29, 0.717) is 0 Å². The molecule has 0 saturated heterocycles. The van der Waals surface area contributed by atoms with Crippen LogP contribution in [0.4, 0.5) is 0 Å². The van der Waals surface area contributed by atoms with Crippen molar-refractivity contribution in [2.75, 3.05) is 6.54 Å². The summed E-state index contributed by atoms with van der Waals surface area (Å²) < 4.78 is 0.988. The van der Waals surface area contributed by atoms with E-state index in [-0.39, 0.29) is 11.9 Å². The van der Waals surface area contributed by atoms with E-state index in [2.05, 4.69) is 40.7 Å². The van der Waals surface area contributed by atoms with Crippen LogP contribution < -0.4 is 0 Å². The Bertz CT molecular complexity index is 444. The van der Waals surface area contributed by atoms with Crippen LogP contribution in [0.15, 0.2) is 22.7 Å². The quantitative estimate of drug-likeness (QED) is 0.781. The highest BCUT2D eigenvalue weighted by atomic mass is 79.9. The number of hydrogen-bond acceptors (Lipinski definition) is 1. The number of fused-ring (bicyclic) bond motifs is 1. The van der Waals surface area contributed by atoms with Crippen LogP contribution in [-0.2, 0) is 0 Å². The van der Waals surface area contributed by atoms with Crippen LogP contribution in [0, 0.1) is 0 Å². The summed E-state index contributed by atoms with van der Waals surface area (Å²) in [6, 6.07) is 6.39. The van der Waals surface area contributed by atoms with Crippen molar-refractivity contribution >= 4 is 21.8 Å². The molecule has 1 unspecified atom stereocenters. The van der Waals surface area contributed by atoms with E-state index in [1.54, 1.807) is 0 Å². The van der Waals surface area contributed by atoms with E-state index < -0.39 is 0 Å². The van der Waals surface area contributed by atoms with Gasteiger partial charge < -0.3 is 4.90 Å². The Morgan fingerprint density at radius 1 is 1.28 bits per heavy atom. The van der Waals surface area contributed by atoms with Crippen LogP contribution in [0.1, 0.15) is 61.5 Å². The Balaban J connectivity index is 2.31. The van der Waals surface area contributed by atoms with Gasteiger partial charge in [0.25, 0.3) is 5.91 Å². The third-order valence-corrected chi connectivity index (χ3v) is 4.05. The van der Waals surface area contributed by atoms with Crippen LogP contribution >= 0.6 is 15.9 Å². The Hall–Kier alpha value is -0.830. The van der Waals surface area contributed by atoms with Gasteiger partial charge in [-0.05, 0) is 30.5 Å². The van der Waals surface area contributed by atoms with Crippen LogP contribution in [0.25, 0.3) is 0 Å². The molecule has 18 heavy (non-hydrogen) atoms. The molecule has 0 N–H and O–H groups in total. The molecule has 0 fully saturated rings. The number of benzene rings is 1. The lowest BCUT2D eigenvalue weighted by Gasteiger charge is -2.25. The zero-order valence-electron chi connectivity index (χ0n) is 11.1. The smallest absolute Gasteiger partial charge is 0.254 e. The second-order valence-corrected chi connectivity index (χ2v) is 5.80. The molecule has 0 spiro atoms. The first-order valence-electron chi connectivity index (χ1n) is 6.79. The molecule has 2 rings (SSSR count). The molecule has 0 aromatic heterocycles. The van der Waals surface area contributed by atoms with Gasteiger partial charge in [-0.2, -0.15) is 0 Å². The number of carbonyl (C=O) groups is 1. The summed E-state index contributed by atoms with van der Waals surface area (Å²) >= 11 is 3.45. The number of hydrogen-bond donors (Lipinski definition) is 0. The first-order valence-corrected chi connectivity index (χ1v) is 7.58. The average Bonchev–Trinajstić information content (AvgIpc) is 2.61. The molecule has 98 valence electrons. The summed E-state index contributed by atoms with van der Waals surface area (Å²) in [4.78, 5) is 14.5. The van der Waals surface area contributed by atoms with Crippen molar-refractivity contribution in [1.29, 1.82) is 0 Å². The van der Waals surface area contributed by atoms with Crippen LogP contribution in [0.3, 0.4) is 0 Å². The molecule has 3 heteroatoms. The topological polar surface area (TPSA) is 20.3 Å². The molecular formula is C15H20BrNO. The van der Waals surface area contributed by atoms with Crippen LogP contribution in [0.5, 0.6) is 0 Å². The molecule has 0 radical (unpaired) electrons. The van der Waals surface area contributed by atoms with E-state index in [4.69, 9.17) is 0 Å². The highest BCUT2D eigenvalue weighted by Gasteiger charge is 2.35. The van der Waals surface area contributed by atoms with Crippen molar-refractivity contribution in [3.8, 4) is 0 Å². The first-order chi connectivity index (χ1) is 8.69. The molecule has 1 atom stereocenters. The summed E-state index contributed by atoms with van der Waals surface area (Å²) in [6.07, 6.45) is 4.38. The Morgan fingerprint density at radius 2 is 2.06 bits per heavy atom. The summed E-state index contributed by atoms with van der Waals surface area (Å²) in [7, 11) is 0. The molecule has 1 aliphatic rings. The first kappa shape index (κ1) is 13.6. The minimum atomic E-state index is 0.207. The highest BCUT2D eigenvalue weighted by Crippen LogP contribution is 2.37. The van der Waals surface area contributed by atoms with E-state index in [1.165, 1.54) is 5.56 Å². The minimum absolute atomic E-state index is 0.207. The molecule has 1 amide bonds. The molecule has 2 nitrogen and oxygen atoms in total. The van der Waals surface area contributed by atoms with Crippen LogP contribution in [0.2, 0.25) is 0 Å². The SMILES string of the molecule is CCCCN1C(=O)c2cc(Br)ccc2C1CCC. The molecule has 1 heterocycles. The summed E-state index contributed by atoms with van der Waals surface area (Å²) in [5, 5.41) is 0. The van der Waals surface area contributed by atoms with Gasteiger partial charge in [-0.25, -0.2) is 0 Å². The standard InChI is InChI=1S/C15H20BrNO/c1-3-5-9-17-14(6-4-2)12-8-7-11(16)10-13(12)15(17)18/h7-8,10,14H,3-6,9H2,1-2H3. The number of rotatable bonds is 5. The Morgan fingerprint density at radius 3 is 2.72 bits per heavy atom. The Labute approximate surface area is 117 Å². The van der Waals surface area contributed by atoms with E-state index in [1.807, 2.05) is 12.1 Å². The van der Waals surface area contributed by atoms with E-state index in [0.717, 1.165) is 42.3 Å². The monoisotopic (exact) mass is 309 g/mol. The second kappa shape index (κ2) is 5.87. The molecule has 0 aliphatic carbocycles. The molecule has 0 saturated carbocycles. The third kappa shape index (κ3) is 2.46. The number of halogens is 1. The number of nitrogens with zero attached hydrogens (tertiary/aromatic N) is 1. The van der Waals surface area contributed by atoms with Crippen molar-refractivity contribution in [3.63, 3.8) is 0 Å². The highest BCUT2D eigenvalue weighted by molar-refractivity contribution is 9.10. The van der Waals surface area contributed by atoms with Crippen molar-refractivity contribution in [3.05, 3.63) is 33.8 Å². The van der Waals surface area contributed by atoms with Crippen molar-refractivity contribution < 1.29 is 4.79 Å². The third-order valence-electron chi connectivity index (χ3n) is 3.56. The second-order valence-electron chi connectivity index (χ2n) is 4.89. The van der Waals surface area contributed by atoms with Gasteiger partial charge >= 0.3 is 0 Å².